The normalized spacial score (nSPS) is 22.1. The average molecular weight is 465 g/mol. The molecule has 0 radical (unpaired) electrons. The fourth-order valence-electron chi connectivity index (χ4n) is 3.53. The maximum absolute atomic E-state index is 6.68. The number of thioether (sulfide) groups is 1. The molecule has 3 aromatic rings. The summed E-state index contributed by atoms with van der Waals surface area (Å²) in [5, 5.41) is 2.94. The number of fused-ring (bicyclic) bond motifs is 1. The second-order valence-electron chi connectivity index (χ2n) is 6.75. The van der Waals surface area contributed by atoms with Gasteiger partial charge in [0, 0.05) is 15.9 Å². The third kappa shape index (κ3) is 3.26. The Kier molecular flexibility index (Phi) is 4.92. The molecule has 1 aliphatic carbocycles. The summed E-state index contributed by atoms with van der Waals surface area (Å²) in [6.45, 7) is 0. The van der Waals surface area contributed by atoms with E-state index in [9.17, 15) is 0 Å². The van der Waals surface area contributed by atoms with Gasteiger partial charge >= 0.3 is 0 Å². The molecule has 0 aromatic heterocycles. The molecule has 0 saturated carbocycles. The lowest BCUT2D eigenvalue weighted by molar-refractivity contribution is 0.622. The first kappa shape index (κ1) is 18.2. The lowest BCUT2D eigenvalue weighted by Gasteiger charge is -2.22. The summed E-state index contributed by atoms with van der Waals surface area (Å²) in [5.41, 5.74) is 1.29. The van der Waals surface area contributed by atoms with E-state index in [1.807, 2.05) is 23.9 Å². The molecule has 2 atom stereocenters. The molecule has 0 spiro atoms. The first-order valence-electron chi connectivity index (χ1n) is 9.19. The highest BCUT2D eigenvalue weighted by Crippen LogP contribution is 2.65. The average Bonchev–Trinajstić information content (AvgIpc) is 3.50. The number of allylic oxidation sites excluding steroid dienone is 2. The van der Waals surface area contributed by atoms with Crippen LogP contribution in [0.4, 0.5) is 0 Å². The van der Waals surface area contributed by atoms with Crippen LogP contribution < -0.4 is 15.1 Å². The molecule has 138 valence electrons. The van der Waals surface area contributed by atoms with Crippen LogP contribution in [0.15, 0.2) is 108 Å². The minimum absolute atomic E-state index is 0.0508. The number of benzene rings is 3. The molecular weight excluding hydrogens is 447 g/mol. The van der Waals surface area contributed by atoms with E-state index < -0.39 is 8.15 Å². The summed E-state index contributed by atoms with van der Waals surface area (Å²) < 4.78 is 7.79. The minimum atomic E-state index is -0.945. The number of hydrogen-bond donors (Lipinski definition) is 0. The van der Waals surface area contributed by atoms with Gasteiger partial charge in [0.1, 0.15) is 5.75 Å². The first-order chi connectivity index (χ1) is 13.8. The number of hydrogen-bond acceptors (Lipinski definition) is 2. The Hall–Kier alpha value is -1.80. The molecule has 4 heteroatoms. The van der Waals surface area contributed by atoms with Crippen molar-refractivity contribution in [1.29, 1.82) is 0 Å². The summed E-state index contributed by atoms with van der Waals surface area (Å²) >= 11 is 5.85. The van der Waals surface area contributed by atoms with Crippen LogP contribution in [0.3, 0.4) is 0 Å². The molecule has 5 rings (SSSR count). The highest BCUT2D eigenvalue weighted by molar-refractivity contribution is 9.10. The van der Waals surface area contributed by atoms with Gasteiger partial charge in [0.25, 0.3) is 0 Å². The van der Waals surface area contributed by atoms with Crippen molar-refractivity contribution in [2.45, 2.75) is 10.00 Å². The SMILES string of the molecule is Brc1c(OP(c2ccccc2)c2ccccc2)cccc1C12C=CC=CC1S2. The lowest BCUT2D eigenvalue weighted by atomic mass is 9.92. The van der Waals surface area contributed by atoms with Crippen molar-refractivity contribution in [3.05, 3.63) is 113 Å². The molecule has 1 heterocycles. The third-order valence-electron chi connectivity index (χ3n) is 4.98. The van der Waals surface area contributed by atoms with Gasteiger partial charge in [0.15, 0.2) is 8.15 Å². The molecule has 1 nitrogen and oxygen atoms in total. The summed E-state index contributed by atoms with van der Waals surface area (Å²) in [7, 11) is -0.945. The molecule has 28 heavy (non-hydrogen) atoms. The monoisotopic (exact) mass is 464 g/mol. The van der Waals surface area contributed by atoms with E-state index in [0.29, 0.717) is 5.25 Å². The molecular formula is C24H18BrOPS. The smallest absolute Gasteiger partial charge is 0.150 e. The maximum atomic E-state index is 6.68. The van der Waals surface area contributed by atoms with Gasteiger partial charge in [-0.15, -0.1) is 11.8 Å². The fraction of sp³-hybridized carbons (Fsp3) is 0.0833. The van der Waals surface area contributed by atoms with Crippen LogP contribution in [0.5, 0.6) is 5.75 Å². The summed E-state index contributed by atoms with van der Waals surface area (Å²) in [5.74, 6) is 0.903. The first-order valence-corrected chi connectivity index (χ1v) is 12.1. The van der Waals surface area contributed by atoms with Gasteiger partial charge in [0.2, 0.25) is 0 Å². The zero-order chi connectivity index (χ0) is 19.0. The zero-order valence-electron chi connectivity index (χ0n) is 15.0. The molecule has 1 saturated heterocycles. The highest BCUT2D eigenvalue weighted by atomic mass is 79.9. The zero-order valence-corrected chi connectivity index (χ0v) is 18.3. The number of rotatable bonds is 5. The Morgan fingerprint density at radius 2 is 1.50 bits per heavy atom. The fourth-order valence-corrected chi connectivity index (χ4v) is 7.46. The Morgan fingerprint density at radius 1 is 0.821 bits per heavy atom. The quantitative estimate of drug-likeness (QED) is 0.323. The van der Waals surface area contributed by atoms with E-state index in [0.717, 1.165) is 10.2 Å². The molecule has 1 fully saturated rings. The Balaban J connectivity index is 1.53. The molecule has 1 aliphatic heterocycles. The molecule has 3 aromatic carbocycles. The van der Waals surface area contributed by atoms with Crippen LogP contribution >= 0.6 is 35.8 Å². The van der Waals surface area contributed by atoms with E-state index in [4.69, 9.17) is 4.52 Å². The summed E-state index contributed by atoms with van der Waals surface area (Å²) in [6, 6.07) is 27.4. The van der Waals surface area contributed by atoms with E-state index in [2.05, 4.69) is 107 Å². The van der Waals surface area contributed by atoms with Crippen molar-refractivity contribution in [3.63, 3.8) is 0 Å². The number of halogens is 1. The summed E-state index contributed by atoms with van der Waals surface area (Å²) in [4.78, 5) is 0. The minimum Gasteiger partial charge on any atom is -0.463 e. The van der Waals surface area contributed by atoms with E-state index in [1.54, 1.807) is 0 Å². The van der Waals surface area contributed by atoms with Gasteiger partial charge < -0.3 is 4.52 Å². The maximum Gasteiger partial charge on any atom is 0.150 e. The van der Waals surface area contributed by atoms with Crippen LogP contribution in [-0.4, -0.2) is 5.25 Å². The molecule has 0 N–H and O–H groups in total. The van der Waals surface area contributed by atoms with Gasteiger partial charge in [-0.25, -0.2) is 0 Å². The Labute approximate surface area is 179 Å². The Morgan fingerprint density at radius 3 is 2.14 bits per heavy atom. The lowest BCUT2D eigenvalue weighted by Crippen LogP contribution is -2.16. The van der Waals surface area contributed by atoms with Crippen molar-refractivity contribution in [1.82, 2.24) is 0 Å². The van der Waals surface area contributed by atoms with Crippen molar-refractivity contribution < 1.29 is 4.52 Å². The van der Waals surface area contributed by atoms with Gasteiger partial charge in [-0.3, -0.25) is 0 Å². The van der Waals surface area contributed by atoms with Crippen LogP contribution in [0.1, 0.15) is 5.56 Å². The molecule has 2 aliphatic rings. The molecule has 0 amide bonds. The van der Waals surface area contributed by atoms with Gasteiger partial charge in [0.05, 0.1) is 9.22 Å². The highest BCUT2D eigenvalue weighted by Gasteiger charge is 2.55. The van der Waals surface area contributed by atoms with E-state index in [1.165, 1.54) is 16.2 Å². The Bertz CT molecular complexity index is 1010. The van der Waals surface area contributed by atoms with E-state index >= 15 is 0 Å². The van der Waals surface area contributed by atoms with Crippen molar-refractivity contribution >= 4 is 46.4 Å². The molecule has 2 unspecified atom stereocenters. The standard InChI is InChI=1S/C24H18BrOPS/c25-23-20(24-17-8-7-16-22(24)28-24)14-9-15-21(23)26-27(18-10-3-1-4-11-18)19-12-5-2-6-13-19/h1-17,22H. The second-order valence-corrected chi connectivity index (χ2v) is 10.8. The molecule has 0 bridgehead atoms. The largest absolute Gasteiger partial charge is 0.463 e. The van der Waals surface area contributed by atoms with E-state index in [-0.39, 0.29) is 4.75 Å². The summed E-state index contributed by atoms with van der Waals surface area (Å²) in [6.07, 6.45) is 8.88. The predicted octanol–water partition coefficient (Wildman–Crippen LogP) is 6.31. The topological polar surface area (TPSA) is 9.23 Å². The van der Waals surface area contributed by atoms with Crippen molar-refractivity contribution in [2.24, 2.45) is 0 Å². The van der Waals surface area contributed by atoms with Crippen LogP contribution in [0.25, 0.3) is 0 Å². The van der Waals surface area contributed by atoms with Crippen molar-refractivity contribution in [2.75, 3.05) is 0 Å². The predicted molar refractivity (Wildman–Crippen MR) is 125 cm³/mol. The van der Waals surface area contributed by atoms with Gasteiger partial charge in [-0.05, 0) is 27.6 Å². The van der Waals surface area contributed by atoms with Crippen LogP contribution in [0.2, 0.25) is 0 Å². The second kappa shape index (κ2) is 7.55. The van der Waals surface area contributed by atoms with Gasteiger partial charge in [-0.1, -0.05) is 97.1 Å². The van der Waals surface area contributed by atoms with Crippen molar-refractivity contribution in [3.8, 4) is 5.75 Å². The van der Waals surface area contributed by atoms with Crippen LogP contribution in [0, 0.1) is 0 Å². The van der Waals surface area contributed by atoms with Gasteiger partial charge in [-0.2, -0.15) is 0 Å². The third-order valence-corrected chi connectivity index (χ3v) is 9.24. The van der Waals surface area contributed by atoms with Crippen LogP contribution in [-0.2, 0) is 4.75 Å².